The molecule has 1 atom stereocenters. The maximum absolute atomic E-state index is 11.2. The Balaban J connectivity index is 3.19. The average Bonchev–Trinajstić information content (AvgIpc) is 2.68. The van der Waals surface area contributed by atoms with Gasteiger partial charge in [-0.2, -0.15) is 9.78 Å². The largest absolute Gasteiger partial charge is 0.462 e. The summed E-state index contributed by atoms with van der Waals surface area (Å²) in [7, 11) is 1.09. The Morgan fingerprint density at radius 3 is 2.71 bits per heavy atom. The third-order valence-electron chi connectivity index (χ3n) is 1.88. The monoisotopic (exact) mass is 199 g/mol. The summed E-state index contributed by atoms with van der Waals surface area (Å²) < 4.78 is 5.30. The lowest BCUT2D eigenvalue weighted by Crippen LogP contribution is -2.47. The average molecular weight is 199 g/mol. The van der Waals surface area contributed by atoms with Crippen LogP contribution in [0.1, 0.15) is 6.92 Å². The number of hydrogen-bond donors (Lipinski definition) is 0. The van der Waals surface area contributed by atoms with Crippen molar-refractivity contribution in [2.24, 2.45) is 0 Å². The molecule has 0 aliphatic rings. The summed E-state index contributed by atoms with van der Waals surface area (Å²) in [4.78, 5) is 21.3. The third-order valence-corrected chi connectivity index (χ3v) is 1.88. The van der Waals surface area contributed by atoms with Gasteiger partial charge in [-0.25, -0.2) is 4.79 Å². The molecule has 0 unspecified atom stereocenters. The zero-order valence-corrected chi connectivity index (χ0v) is 7.71. The topological polar surface area (TPSA) is 87.3 Å². The van der Waals surface area contributed by atoms with Gasteiger partial charge in [0.2, 0.25) is 0 Å². The van der Waals surface area contributed by atoms with Crippen LogP contribution >= 0.6 is 0 Å². The molecule has 1 aromatic heterocycles. The van der Waals surface area contributed by atoms with Gasteiger partial charge in [0.25, 0.3) is 0 Å². The highest BCUT2D eigenvalue weighted by atomic mass is 16.6. The molecule has 0 aliphatic heterocycles. The first kappa shape index (κ1) is 10.2. The summed E-state index contributed by atoms with van der Waals surface area (Å²) >= 11 is 0. The second kappa shape index (κ2) is 3.44. The van der Waals surface area contributed by atoms with E-state index in [1.54, 1.807) is 0 Å². The van der Waals surface area contributed by atoms with Crippen molar-refractivity contribution in [3.05, 3.63) is 28.6 Å². The van der Waals surface area contributed by atoms with E-state index in [9.17, 15) is 14.9 Å². The van der Waals surface area contributed by atoms with E-state index >= 15 is 0 Å². The minimum Gasteiger partial charge on any atom is -0.462 e. The van der Waals surface area contributed by atoms with Gasteiger partial charge in [0, 0.05) is 19.3 Å². The van der Waals surface area contributed by atoms with Crippen LogP contribution in [0.5, 0.6) is 0 Å². The van der Waals surface area contributed by atoms with Gasteiger partial charge < -0.3 is 4.74 Å². The van der Waals surface area contributed by atoms with Crippen LogP contribution in [0.3, 0.4) is 0 Å². The van der Waals surface area contributed by atoms with Gasteiger partial charge in [-0.3, -0.25) is 10.1 Å². The van der Waals surface area contributed by atoms with Crippen molar-refractivity contribution in [2.75, 3.05) is 7.11 Å². The van der Waals surface area contributed by atoms with E-state index in [4.69, 9.17) is 0 Å². The molecule has 7 nitrogen and oxygen atoms in total. The fourth-order valence-electron chi connectivity index (χ4n) is 0.971. The number of methoxy groups -OCH3 is 1. The zero-order valence-electron chi connectivity index (χ0n) is 7.71. The summed E-state index contributed by atoms with van der Waals surface area (Å²) in [5.74, 6) is -0.966. The number of ether oxygens (including phenoxy) is 1. The molecule has 0 amide bonds. The molecule has 0 N–H and O–H groups in total. The molecule has 0 spiro atoms. The predicted molar refractivity (Wildman–Crippen MR) is 44.9 cm³/mol. The van der Waals surface area contributed by atoms with Crippen molar-refractivity contribution in [2.45, 2.75) is 12.6 Å². The maximum atomic E-state index is 11.2. The summed E-state index contributed by atoms with van der Waals surface area (Å²) in [6.07, 6.45) is 2.68. The Morgan fingerprint density at radius 1 is 1.71 bits per heavy atom. The first-order chi connectivity index (χ1) is 6.53. The van der Waals surface area contributed by atoms with E-state index in [2.05, 4.69) is 9.84 Å². The van der Waals surface area contributed by atoms with Crippen LogP contribution in [0.4, 0.5) is 0 Å². The molecular formula is C7H9N3O4. The molecule has 0 aliphatic carbocycles. The second-order valence-corrected chi connectivity index (χ2v) is 2.72. The number of carbonyl (C=O) groups is 1. The molecular weight excluding hydrogens is 190 g/mol. The molecule has 0 bridgehead atoms. The highest BCUT2D eigenvalue weighted by Gasteiger charge is 2.50. The van der Waals surface area contributed by atoms with Crippen molar-refractivity contribution in [1.82, 2.24) is 9.78 Å². The highest BCUT2D eigenvalue weighted by molar-refractivity contribution is 5.76. The Kier molecular flexibility index (Phi) is 2.50. The molecule has 0 fully saturated rings. The van der Waals surface area contributed by atoms with Gasteiger partial charge in [-0.05, 0) is 6.07 Å². The third kappa shape index (κ3) is 1.32. The predicted octanol–water partition coefficient (Wildman–Crippen LogP) is 0.00550. The number of nitrogens with zero attached hydrogens (tertiary/aromatic N) is 3. The maximum Gasteiger partial charge on any atom is 0.409 e. The van der Waals surface area contributed by atoms with E-state index in [1.165, 1.54) is 18.5 Å². The molecule has 1 aromatic rings. The lowest BCUT2D eigenvalue weighted by molar-refractivity contribution is -0.582. The Hall–Kier alpha value is -1.92. The number of esters is 1. The van der Waals surface area contributed by atoms with Crippen LogP contribution in [0.25, 0.3) is 0 Å². The number of aromatic nitrogens is 2. The molecule has 0 saturated heterocycles. The van der Waals surface area contributed by atoms with Crippen LogP contribution < -0.4 is 0 Å². The first-order valence-corrected chi connectivity index (χ1v) is 3.76. The minimum absolute atomic E-state index is 0.744. The van der Waals surface area contributed by atoms with Crippen LogP contribution in [-0.4, -0.2) is 27.8 Å². The Morgan fingerprint density at radius 2 is 2.36 bits per heavy atom. The van der Waals surface area contributed by atoms with Crippen molar-refractivity contribution in [1.29, 1.82) is 0 Å². The van der Waals surface area contributed by atoms with Gasteiger partial charge in [-0.15, -0.1) is 0 Å². The molecule has 0 saturated carbocycles. The van der Waals surface area contributed by atoms with E-state index in [1.807, 2.05) is 0 Å². The Bertz CT molecular complexity index is 348. The molecule has 14 heavy (non-hydrogen) atoms. The fraction of sp³-hybridized carbons (Fsp3) is 0.429. The van der Waals surface area contributed by atoms with Gasteiger partial charge in [0.1, 0.15) is 0 Å². The summed E-state index contributed by atoms with van der Waals surface area (Å²) in [5, 5.41) is 14.4. The highest BCUT2D eigenvalue weighted by Crippen LogP contribution is 2.16. The zero-order chi connectivity index (χ0) is 10.8. The van der Waals surface area contributed by atoms with E-state index < -0.39 is 16.6 Å². The minimum atomic E-state index is -2.00. The quantitative estimate of drug-likeness (QED) is 0.388. The molecule has 7 heteroatoms. The molecule has 1 rings (SSSR count). The smallest absolute Gasteiger partial charge is 0.409 e. The van der Waals surface area contributed by atoms with E-state index in [0.29, 0.717) is 0 Å². The van der Waals surface area contributed by atoms with Crippen molar-refractivity contribution in [3.63, 3.8) is 0 Å². The van der Waals surface area contributed by atoms with Gasteiger partial charge in [-0.1, -0.05) is 0 Å². The number of nitro groups is 1. The molecule has 76 valence electrons. The van der Waals surface area contributed by atoms with Crippen LogP contribution in [0.15, 0.2) is 18.5 Å². The second-order valence-electron chi connectivity index (χ2n) is 2.72. The molecule has 1 heterocycles. The van der Waals surface area contributed by atoms with Gasteiger partial charge in [0.05, 0.1) is 12.0 Å². The summed E-state index contributed by atoms with van der Waals surface area (Å²) in [6.45, 7) is 1.13. The Labute approximate surface area is 79.4 Å². The van der Waals surface area contributed by atoms with Crippen molar-refractivity contribution < 1.29 is 14.5 Å². The van der Waals surface area contributed by atoms with E-state index in [0.717, 1.165) is 18.7 Å². The fourth-order valence-corrected chi connectivity index (χ4v) is 0.971. The number of hydrogen-bond acceptors (Lipinski definition) is 5. The SMILES string of the molecule is COC(=O)[C@@](C)(n1cccn1)[N+](=O)[O-]. The van der Waals surface area contributed by atoms with Gasteiger partial charge in [0.15, 0.2) is 0 Å². The number of carbonyl (C=O) groups excluding carboxylic acids is 1. The summed E-state index contributed by atoms with van der Waals surface area (Å²) in [5.41, 5.74) is -2.00. The molecule has 0 aromatic carbocycles. The standard InChI is InChI=1S/C7H9N3O4/c1-7(10(12)13,6(11)14-2)9-5-3-4-8-9/h3-5H,1-2H3/t7-/m0/s1. The molecule has 0 radical (unpaired) electrons. The lowest BCUT2D eigenvalue weighted by atomic mass is 10.2. The lowest BCUT2D eigenvalue weighted by Gasteiger charge is -2.17. The number of rotatable bonds is 3. The van der Waals surface area contributed by atoms with Crippen LogP contribution in [0.2, 0.25) is 0 Å². The normalized spacial score (nSPS) is 14.4. The van der Waals surface area contributed by atoms with Crippen molar-refractivity contribution >= 4 is 5.97 Å². The van der Waals surface area contributed by atoms with Crippen LogP contribution in [-0.2, 0) is 15.2 Å². The van der Waals surface area contributed by atoms with Crippen LogP contribution in [0, 0.1) is 10.1 Å². The summed E-state index contributed by atoms with van der Waals surface area (Å²) in [6, 6.07) is 1.49. The van der Waals surface area contributed by atoms with E-state index in [-0.39, 0.29) is 0 Å². The van der Waals surface area contributed by atoms with Gasteiger partial charge >= 0.3 is 11.6 Å². The van der Waals surface area contributed by atoms with Crippen molar-refractivity contribution in [3.8, 4) is 0 Å². The first-order valence-electron chi connectivity index (χ1n) is 3.76.